The fraction of sp³-hybridized carbons (Fsp3) is 0.429. The summed E-state index contributed by atoms with van der Waals surface area (Å²) in [7, 11) is 0. The average Bonchev–Trinajstić information content (AvgIpc) is 2.30. The van der Waals surface area contributed by atoms with Gasteiger partial charge in [-0.2, -0.15) is 5.26 Å². The molecule has 1 aliphatic carbocycles. The van der Waals surface area contributed by atoms with Gasteiger partial charge in [0, 0.05) is 16.8 Å². The Balaban J connectivity index is 2.45. The second kappa shape index (κ2) is 4.77. The van der Waals surface area contributed by atoms with E-state index in [1.165, 1.54) is 0 Å². The molecule has 1 aromatic rings. The van der Waals surface area contributed by atoms with Crippen molar-refractivity contribution in [1.29, 1.82) is 5.26 Å². The Morgan fingerprint density at radius 1 is 1.53 bits per heavy atom. The highest BCUT2D eigenvalue weighted by Gasteiger charge is 2.43. The van der Waals surface area contributed by atoms with Crippen molar-refractivity contribution in [1.82, 2.24) is 0 Å². The number of carbonyl (C=O) groups excluding carboxylic acids is 1. The smallest absolute Gasteiger partial charge is 0.134 e. The third kappa shape index (κ3) is 2.23. The Morgan fingerprint density at radius 3 is 2.88 bits per heavy atom. The summed E-state index contributed by atoms with van der Waals surface area (Å²) in [5.74, 6) is 0.280. The lowest BCUT2D eigenvalue weighted by molar-refractivity contribution is -0.120. The number of aryl methyl sites for hydroxylation is 1. The third-order valence-corrected chi connectivity index (χ3v) is 4.98. The Bertz CT molecular complexity index is 491. The lowest BCUT2D eigenvalue weighted by Gasteiger charge is -2.35. The van der Waals surface area contributed by atoms with Gasteiger partial charge in [-0.3, -0.25) is 4.79 Å². The molecule has 0 N–H and O–H groups in total. The largest absolute Gasteiger partial charge is 0.300 e. The van der Waals surface area contributed by atoms with E-state index in [9.17, 15) is 10.1 Å². The van der Waals surface area contributed by atoms with Crippen molar-refractivity contribution in [3.63, 3.8) is 0 Å². The van der Waals surface area contributed by atoms with Gasteiger partial charge in [-0.15, -0.1) is 0 Å². The van der Waals surface area contributed by atoms with Gasteiger partial charge < -0.3 is 0 Å². The molecular formula is C14H14INO. The van der Waals surface area contributed by atoms with E-state index in [1.807, 2.05) is 25.1 Å². The molecule has 1 aliphatic rings. The quantitative estimate of drug-likeness (QED) is 0.582. The first kappa shape index (κ1) is 12.6. The van der Waals surface area contributed by atoms with Gasteiger partial charge in [0.05, 0.1) is 11.5 Å². The van der Waals surface area contributed by atoms with E-state index in [0.717, 1.165) is 11.1 Å². The molecule has 0 bridgehead atoms. The van der Waals surface area contributed by atoms with Crippen molar-refractivity contribution in [2.45, 2.75) is 35.5 Å². The number of nitriles is 1. The van der Waals surface area contributed by atoms with Crippen LogP contribution in [0.3, 0.4) is 0 Å². The average molecular weight is 339 g/mol. The summed E-state index contributed by atoms with van der Waals surface area (Å²) in [6.45, 7) is 2.03. The molecule has 0 aliphatic heterocycles. The monoisotopic (exact) mass is 339 g/mol. The molecule has 2 nitrogen and oxygen atoms in total. The van der Waals surface area contributed by atoms with Crippen LogP contribution in [0.15, 0.2) is 24.3 Å². The Labute approximate surface area is 115 Å². The van der Waals surface area contributed by atoms with Gasteiger partial charge in [0.25, 0.3) is 0 Å². The van der Waals surface area contributed by atoms with Crippen LogP contribution in [0.1, 0.15) is 30.4 Å². The number of benzene rings is 1. The van der Waals surface area contributed by atoms with Crippen molar-refractivity contribution in [3.8, 4) is 6.07 Å². The number of nitrogens with zero attached hydrogens (tertiary/aromatic N) is 1. The van der Waals surface area contributed by atoms with E-state index in [4.69, 9.17) is 0 Å². The SMILES string of the molecule is Cc1cccc(C2(C#N)CCC(=O)CC2I)c1. The second-order valence-corrected chi connectivity index (χ2v) is 6.17. The highest BCUT2D eigenvalue weighted by atomic mass is 127. The minimum absolute atomic E-state index is 0.0770. The van der Waals surface area contributed by atoms with Crippen LogP contribution in [0, 0.1) is 18.3 Å². The molecule has 1 aromatic carbocycles. The normalized spacial score (nSPS) is 28.8. The maximum Gasteiger partial charge on any atom is 0.134 e. The van der Waals surface area contributed by atoms with Gasteiger partial charge in [0.2, 0.25) is 0 Å². The lowest BCUT2D eigenvalue weighted by Crippen LogP contribution is -2.40. The van der Waals surface area contributed by atoms with E-state index < -0.39 is 5.41 Å². The molecule has 2 atom stereocenters. The maximum atomic E-state index is 11.5. The molecule has 88 valence electrons. The molecule has 2 rings (SSSR count). The molecule has 3 heteroatoms. The summed E-state index contributed by atoms with van der Waals surface area (Å²) in [6, 6.07) is 10.6. The Morgan fingerprint density at radius 2 is 2.29 bits per heavy atom. The predicted molar refractivity (Wildman–Crippen MR) is 75.1 cm³/mol. The first-order valence-corrected chi connectivity index (χ1v) is 6.97. The second-order valence-electron chi connectivity index (χ2n) is 4.66. The molecule has 2 unspecified atom stereocenters. The summed E-state index contributed by atoms with van der Waals surface area (Å²) in [5.41, 5.74) is 1.74. The molecule has 0 heterocycles. The number of Topliss-reactive ketones (excluding diaryl/α,β-unsaturated/α-hetero) is 1. The molecule has 1 fully saturated rings. The van der Waals surface area contributed by atoms with Gasteiger partial charge in [-0.1, -0.05) is 52.4 Å². The standard InChI is InChI=1S/C14H14INO/c1-10-3-2-4-11(7-10)14(9-16)6-5-12(17)8-13(14)15/h2-4,7,13H,5-6,8H2,1H3. The summed E-state index contributed by atoms with van der Waals surface area (Å²) < 4.78 is 0.0770. The summed E-state index contributed by atoms with van der Waals surface area (Å²) in [5, 5.41) is 9.58. The van der Waals surface area contributed by atoms with Crippen LogP contribution in [0.4, 0.5) is 0 Å². The lowest BCUT2D eigenvalue weighted by atomic mass is 9.70. The zero-order chi connectivity index (χ0) is 12.5. The summed E-state index contributed by atoms with van der Waals surface area (Å²) in [4.78, 5) is 11.5. The molecular weight excluding hydrogens is 325 g/mol. The van der Waals surface area contributed by atoms with Gasteiger partial charge in [-0.05, 0) is 18.9 Å². The van der Waals surface area contributed by atoms with E-state index in [1.54, 1.807) is 0 Å². The molecule has 0 saturated heterocycles. The van der Waals surface area contributed by atoms with E-state index >= 15 is 0 Å². The summed E-state index contributed by atoms with van der Waals surface area (Å²) in [6.07, 6.45) is 1.70. The number of carbonyl (C=O) groups is 1. The summed E-state index contributed by atoms with van der Waals surface area (Å²) >= 11 is 2.26. The highest BCUT2D eigenvalue weighted by Crippen LogP contribution is 2.42. The fourth-order valence-corrected chi connectivity index (χ4v) is 3.71. The molecule has 17 heavy (non-hydrogen) atoms. The molecule has 0 aromatic heterocycles. The Hall–Kier alpha value is -0.890. The number of rotatable bonds is 1. The first-order chi connectivity index (χ1) is 8.08. The highest BCUT2D eigenvalue weighted by molar-refractivity contribution is 14.1. The van der Waals surface area contributed by atoms with Crippen molar-refractivity contribution in [2.75, 3.05) is 0 Å². The zero-order valence-corrected chi connectivity index (χ0v) is 11.9. The molecule has 1 saturated carbocycles. The Kier molecular flexibility index (Phi) is 3.53. The topological polar surface area (TPSA) is 40.9 Å². The zero-order valence-electron chi connectivity index (χ0n) is 9.74. The molecule has 0 spiro atoms. The predicted octanol–water partition coefficient (Wildman–Crippen LogP) is 3.31. The van der Waals surface area contributed by atoms with E-state index in [-0.39, 0.29) is 9.71 Å². The third-order valence-electron chi connectivity index (χ3n) is 3.47. The van der Waals surface area contributed by atoms with Crippen molar-refractivity contribution in [2.24, 2.45) is 0 Å². The van der Waals surface area contributed by atoms with Gasteiger partial charge in [-0.25, -0.2) is 0 Å². The minimum atomic E-state index is -0.486. The molecule has 0 amide bonds. The van der Waals surface area contributed by atoms with Crippen LogP contribution in [0.2, 0.25) is 0 Å². The minimum Gasteiger partial charge on any atom is -0.300 e. The number of alkyl halides is 1. The number of halogens is 1. The van der Waals surface area contributed by atoms with Crippen LogP contribution in [0.25, 0.3) is 0 Å². The fourth-order valence-electron chi connectivity index (χ4n) is 2.41. The number of ketones is 1. The van der Waals surface area contributed by atoms with Crippen LogP contribution < -0.4 is 0 Å². The maximum absolute atomic E-state index is 11.5. The van der Waals surface area contributed by atoms with Crippen LogP contribution in [-0.4, -0.2) is 9.71 Å². The van der Waals surface area contributed by atoms with Gasteiger partial charge >= 0.3 is 0 Å². The number of hydrogen-bond donors (Lipinski definition) is 0. The number of hydrogen-bond acceptors (Lipinski definition) is 2. The van der Waals surface area contributed by atoms with Crippen molar-refractivity contribution >= 4 is 28.4 Å². The van der Waals surface area contributed by atoms with Crippen LogP contribution >= 0.6 is 22.6 Å². The van der Waals surface area contributed by atoms with Crippen molar-refractivity contribution in [3.05, 3.63) is 35.4 Å². The van der Waals surface area contributed by atoms with Crippen LogP contribution in [0.5, 0.6) is 0 Å². The first-order valence-electron chi connectivity index (χ1n) is 5.72. The van der Waals surface area contributed by atoms with Crippen LogP contribution in [-0.2, 0) is 10.2 Å². The van der Waals surface area contributed by atoms with Gasteiger partial charge in [0.1, 0.15) is 5.78 Å². The van der Waals surface area contributed by atoms with Crippen molar-refractivity contribution < 1.29 is 4.79 Å². The van der Waals surface area contributed by atoms with Gasteiger partial charge in [0.15, 0.2) is 0 Å². The molecule has 0 radical (unpaired) electrons. The van der Waals surface area contributed by atoms with E-state index in [2.05, 4.69) is 34.7 Å². The van der Waals surface area contributed by atoms with E-state index in [0.29, 0.717) is 19.3 Å².